The van der Waals surface area contributed by atoms with E-state index in [2.05, 4.69) is 15.0 Å². The Hall–Kier alpha value is -3.16. The van der Waals surface area contributed by atoms with Gasteiger partial charge in [0.25, 0.3) is 0 Å². The molecule has 3 aromatic rings. The Morgan fingerprint density at radius 3 is 2.81 bits per heavy atom. The average Bonchev–Trinajstić information content (AvgIpc) is 3.25. The lowest BCUT2D eigenvalue weighted by atomic mass is 9.91. The molecule has 4 rings (SSSR count). The number of rotatable bonds is 3. The predicted octanol–water partition coefficient (Wildman–Crippen LogP) is 1.06. The Kier molecular flexibility index (Phi) is 3.95. The van der Waals surface area contributed by atoms with Gasteiger partial charge < -0.3 is 14.6 Å². The maximum absolute atomic E-state index is 13.0. The van der Waals surface area contributed by atoms with Gasteiger partial charge in [0.1, 0.15) is 25.2 Å². The van der Waals surface area contributed by atoms with Crippen LogP contribution in [0.3, 0.4) is 0 Å². The van der Waals surface area contributed by atoms with Crippen molar-refractivity contribution < 1.29 is 14.3 Å². The number of ether oxygens (including phenoxy) is 1. The summed E-state index contributed by atoms with van der Waals surface area (Å²) in [5.41, 5.74) is 3.36. The van der Waals surface area contributed by atoms with Crippen LogP contribution in [0.4, 0.5) is 5.69 Å². The number of H-pyrrole nitrogens is 1. The third-order valence-electron chi connectivity index (χ3n) is 4.66. The van der Waals surface area contributed by atoms with E-state index in [0.29, 0.717) is 35.1 Å². The van der Waals surface area contributed by atoms with Gasteiger partial charge in [0.2, 0.25) is 5.91 Å². The lowest BCUT2D eigenvalue weighted by Crippen LogP contribution is -2.26. The van der Waals surface area contributed by atoms with E-state index in [1.165, 1.54) is 13.4 Å². The van der Waals surface area contributed by atoms with Crippen molar-refractivity contribution >= 4 is 41.9 Å². The lowest BCUT2D eigenvalue weighted by molar-refractivity contribution is -0.118. The minimum Gasteiger partial charge on any atom is -0.464 e. The Morgan fingerprint density at radius 2 is 2.08 bits per heavy atom. The van der Waals surface area contributed by atoms with Crippen LogP contribution in [0.5, 0.6) is 0 Å². The Morgan fingerprint density at radius 1 is 1.31 bits per heavy atom. The largest absolute Gasteiger partial charge is 0.464 e. The van der Waals surface area contributed by atoms with Gasteiger partial charge in [-0.1, -0.05) is 29.7 Å². The minimum atomic E-state index is -0.557. The molecule has 1 amide bonds. The monoisotopic (exact) mass is 346 g/mol. The van der Waals surface area contributed by atoms with E-state index in [1.54, 1.807) is 23.2 Å². The molecule has 7 nitrogen and oxygen atoms in total. The van der Waals surface area contributed by atoms with Gasteiger partial charge in [-0.2, -0.15) is 0 Å². The van der Waals surface area contributed by atoms with E-state index < -0.39 is 5.97 Å². The van der Waals surface area contributed by atoms with E-state index in [4.69, 9.17) is 12.6 Å². The Bertz CT molecular complexity index is 999. The smallest absolute Gasteiger partial charge is 0.358 e. The first-order valence-electron chi connectivity index (χ1n) is 8.17. The number of esters is 1. The van der Waals surface area contributed by atoms with Crippen LogP contribution >= 0.6 is 0 Å². The number of amides is 1. The number of benzene rings is 1. The van der Waals surface area contributed by atoms with Crippen LogP contribution in [0.2, 0.25) is 0 Å². The van der Waals surface area contributed by atoms with Crippen molar-refractivity contribution in [3.05, 3.63) is 48.0 Å². The number of hydrogen-bond donors (Lipinski definition) is 1. The maximum atomic E-state index is 13.0. The molecule has 2 aromatic heterocycles. The summed E-state index contributed by atoms with van der Waals surface area (Å²) < 4.78 is 4.74. The molecular weight excluding hydrogens is 331 g/mol. The molecule has 0 bridgehead atoms. The van der Waals surface area contributed by atoms with Crippen LogP contribution in [0.25, 0.3) is 11.0 Å². The van der Waals surface area contributed by atoms with E-state index in [9.17, 15) is 9.59 Å². The summed E-state index contributed by atoms with van der Waals surface area (Å²) in [6.07, 6.45) is 3.67. The van der Waals surface area contributed by atoms with E-state index in [-0.39, 0.29) is 17.5 Å². The van der Waals surface area contributed by atoms with Crippen molar-refractivity contribution in [2.45, 2.75) is 12.3 Å². The first kappa shape index (κ1) is 16.3. The normalized spacial score (nSPS) is 17.0. The van der Waals surface area contributed by atoms with Crippen LogP contribution < -0.4 is 10.4 Å². The molecule has 1 atom stereocenters. The molecule has 1 N–H and O–H groups in total. The van der Waals surface area contributed by atoms with Crippen molar-refractivity contribution in [2.75, 3.05) is 18.6 Å². The number of methoxy groups -OCH3 is 1. The Balaban J connectivity index is 1.69. The summed E-state index contributed by atoms with van der Waals surface area (Å²) in [5.74, 6) is -0.783. The number of carbonyl (C=O) groups excluding carboxylic acids is 2. The number of carbonyl (C=O) groups is 2. The van der Waals surface area contributed by atoms with Crippen LogP contribution in [0, 0.1) is 0 Å². The lowest BCUT2D eigenvalue weighted by Gasteiger charge is -2.15. The van der Waals surface area contributed by atoms with Gasteiger partial charge in [-0.25, -0.2) is 14.8 Å². The quantitative estimate of drug-likeness (QED) is 0.566. The molecule has 128 valence electrons. The van der Waals surface area contributed by atoms with Crippen molar-refractivity contribution in [1.29, 1.82) is 0 Å². The maximum Gasteiger partial charge on any atom is 0.358 e. The minimum absolute atomic E-state index is 0.00565. The molecule has 26 heavy (non-hydrogen) atoms. The second-order valence-electron chi connectivity index (χ2n) is 6.11. The highest BCUT2D eigenvalue weighted by Crippen LogP contribution is 2.35. The van der Waals surface area contributed by atoms with Gasteiger partial charge in [-0.05, 0) is 12.0 Å². The topological polar surface area (TPSA) is 88.2 Å². The van der Waals surface area contributed by atoms with Gasteiger partial charge in [0, 0.05) is 12.7 Å². The summed E-state index contributed by atoms with van der Waals surface area (Å²) in [6, 6.07) is 7.36. The summed E-state index contributed by atoms with van der Waals surface area (Å²) in [4.78, 5) is 37.7. The first-order chi connectivity index (χ1) is 12.6. The second-order valence-corrected chi connectivity index (χ2v) is 6.11. The zero-order chi connectivity index (χ0) is 18.3. The fraction of sp³-hybridized carbons (Fsp3) is 0.222. The molecule has 1 saturated heterocycles. The standard InChI is InChI=1S/C18H15BN4O3/c1-26-18(25)16-15-14(21-9-22-16)13(8-20-15)23-7-6-12(17(23)24)10-2-4-11(19)5-3-10/h2-5,8-9,12,20H,6-7H2,1H3. The molecule has 0 saturated carbocycles. The van der Waals surface area contributed by atoms with Gasteiger partial charge >= 0.3 is 5.97 Å². The van der Waals surface area contributed by atoms with Crippen LogP contribution in [-0.2, 0) is 9.53 Å². The van der Waals surface area contributed by atoms with Gasteiger partial charge in [-0.15, -0.1) is 0 Å². The molecule has 0 spiro atoms. The fourth-order valence-corrected chi connectivity index (χ4v) is 3.34. The number of aromatic amines is 1. The molecular formula is C18H15BN4O3. The summed E-state index contributed by atoms with van der Waals surface area (Å²) in [5, 5.41) is 0. The van der Waals surface area contributed by atoms with Gasteiger partial charge in [-0.3, -0.25) is 4.79 Å². The first-order valence-corrected chi connectivity index (χ1v) is 8.17. The zero-order valence-corrected chi connectivity index (χ0v) is 14.1. The third kappa shape index (κ3) is 2.54. The number of nitrogens with one attached hydrogen (secondary N) is 1. The van der Waals surface area contributed by atoms with E-state index in [1.807, 2.05) is 12.1 Å². The average molecular weight is 346 g/mol. The zero-order valence-electron chi connectivity index (χ0n) is 14.1. The fourth-order valence-electron chi connectivity index (χ4n) is 3.34. The number of nitrogens with zero attached hydrogens (tertiary/aromatic N) is 3. The molecule has 0 aliphatic carbocycles. The Labute approximate surface area is 150 Å². The predicted molar refractivity (Wildman–Crippen MR) is 96.8 cm³/mol. The van der Waals surface area contributed by atoms with Gasteiger partial charge in [0.05, 0.1) is 18.7 Å². The molecule has 8 heteroatoms. The summed E-state index contributed by atoms with van der Waals surface area (Å²) in [6.45, 7) is 0.568. The van der Waals surface area contributed by atoms with E-state index >= 15 is 0 Å². The molecule has 1 aliphatic heterocycles. The van der Waals surface area contributed by atoms with Crippen molar-refractivity contribution in [2.24, 2.45) is 0 Å². The van der Waals surface area contributed by atoms with Crippen LogP contribution in [0.1, 0.15) is 28.4 Å². The molecule has 2 radical (unpaired) electrons. The SMILES string of the molecule is [B]c1ccc(C2CCN(c3c[nH]c4c(C(=O)OC)ncnc34)C2=O)cc1. The summed E-state index contributed by atoms with van der Waals surface area (Å²) in [7, 11) is 7.02. The molecule has 1 fully saturated rings. The number of fused-ring (bicyclic) bond motifs is 1. The number of anilines is 1. The highest BCUT2D eigenvalue weighted by molar-refractivity contribution is 6.32. The number of aromatic nitrogens is 3. The van der Waals surface area contributed by atoms with Crippen LogP contribution in [0.15, 0.2) is 36.8 Å². The van der Waals surface area contributed by atoms with Crippen LogP contribution in [-0.4, -0.2) is 48.3 Å². The molecule has 1 unspecified atom stereocenters. The molecule has 1 aliphatic rings. The molecule has 1 aromatic carbocycles. The number of hydrogen-bond acceptors (Lipinski definition) is 5. The van der Waals surface area contributed by atoms with Crippen molar-refractivity contribution in [1.82, 2.24) is 15.0 Å². The van der Waals surface area contributed by atoms with Crippen molar-refractivity contribution in [3.63, 3.8) is 0 Å². The third-order valence-corrected chi connectivity index (χ3v) is 4.66. The second kappa shape index (κ2) is 6.29. The van der Waals surface area contributed by atoms with Crippen molar-refractivity contribution in [3.8, 4) is 0 Å². The molecule has 3 heterocycles. The van der Waals surface area contributed by atoms with E-state index in [0.717, 1.165) is 5.56 Å². The highest BCUT2D eigenvalue weighted by atomic mass is 16.5. The summed E-state index contributed by atoms with van der Waals surface area (Å²) >= 11 is 0. The highest BCUT2D eigenvalue weighted by Gasteiger charge is 2.35. The van der Waals surface area contributed by atoms with Gasteiger partial charge in [0.15, 0.2) is 5.69 Å².